The number of hydrogen-bond donors (Lipinski definition) is 3. The Morgan fingerprint density at radius 2 is 1.74 bits per heavy atom. The highest BCUT2D eigenvalue weighted by atomic mass is 32.2. The van der Waals surface area contributed by atoms with Gasteiger partial charge in [0.1, 0.15) is 0 Å². The summed E-state index contributed by atoms with van der Waals surface area (Å²) in [7, 11) is -8.60. The molecule has 0 spiro atoms. The van der Waals surface area contributed by atoms with E-state index < -0.39 is 25.6 Å². The second-order valence-corrected chi connectivity index (χ2v) is 9.85. The zero-order valence-corrected chi connectivity index (χ0v) is 16.8. The average molecular weight is 438 g/mol. The van der Waals surface area contributed by atoms with E-state index in [0.717, 1.165) is 0 Å². The van der Waals surface area contributed by atoms with Crippen molar-refractivity contribution in [2.75, 3.05) is 38.5 Å². The third-order valence-corrected chi connectivity index (χ3v) is 6.89. The lowest BCUT2D eigenvalue weighted by Gasteiger charge is -2.32. The van der Waals surface area contributed by atoms with Crippen molar-refractivity contribution in [2.45, 2.75) is 38.2 Å². The molecule has 1 saturated heterocycles. The van der Waals surface area contributed by atoms with E-state index in [1.807, 2.05) is 6.92 Å². The molecule has 0 aromatic carbocycles. The van der Waals surface area contributed by atoms with Gasteiger partial charge in [-0.3, -0.25) is 4.99 Å². The molecule has 0 aliphatic carbocycles. The second kappa shape index (κ2) is 9.89. The van der Waals surface area contributed by atoms with Crippen molar-refractivity contribution in [3.63, 3.8) is 0 Å². The van der Waals surface area contributed by atoms with Crippen LogP contribution in [0.25, 0.3) is 0 Å². The van der Waals surface area contributed by atoms with Gasteiger partial charge in [-0.1, -0.05) is 0 Å². The summed E-state index contributed by atoms with van der Waals surface area (Å²) in [6, 6.07) is -0.241. The molecule has 0 aromatic rings. The van der Waals surface area contributed by atoms with E-state index in [1.165, 1.54) is 6.92 Å². The molecule has 9 nitrogen and oxygen atoms in total. The van der Waals surface area contributed by atoms with E-state index in [0.29, 0.717) is 16.8 Å². The molecular weight excluding hydrogens is 411 g/mol. The lowest BCUT2D eigenvalue weighted by Crippen LogP contribution is -2.51. The Morgan fingerprint density at radius 3 is 2.22 bits per heavy atom. The summed E-state index contributed by atoms with van der Waals surface area (Å²) >= 11 is 0. The Kier molecular flexibility index (Phi) is 8.76. The molecule has 0 bridgehead atoms. The van der Waals surface area contributed by atoms with Crippen LogP contribution in [0, 0.1) is 0 Å². The van der Waals surface area contributed by atoms with Crippen LogP contribution < -0.4 is 15.4 Å². The fourth-order valence-corrected chi connectivity index (χ4v) is 3.96. The topological polar surface area (TPSA) is 120 Å². The molecule has 1 aliphatic rings. The van der Waals surface area contributed by atoms with Crippen molar-refractivity contribution in [3.05, 3.63) is 0 Å². The lowest BCUT2D eigenvalue weighted by atomic mass is 10.1. The molecule has 0 aromatic heterocycles. The molecule has 0 saturated carbocycles. The number of guanidine groups is 1. The van der Waals surface area contributed by atoms with Crippen LogP contribution in [0.2, 0.25) is 0 Å². The summed E-state index contributed by atoms with van der Waals surface area (Å²) < 4.78 is 86.1. The Morgan fingerprint density at radius 1 is 1.15 bits per heavy atom. The number of hydrogen-bond acceptors (Lipinski definition) is 5. The van der Waals surface area contributed by atoms with Crippen LogP contribution >= 0.6 is 0 Å². The molecular formula is C13H26F3N5O4S2. The van der Waals surface area contributed by atoms with Gasteiger partial charge in [-0.25, -0.2) is 21.6 Å². The maximum atomic E-state index is 12.6. The van der Waals surface area contributed by atoms with Gasteiger partial charge in [0.05, 0.1) is 12.3 Å². The van der Waals surface area contributed by atoms with Gasteiger partial charge in [0.2, 0.25) is 10.0 Å². The lowest BCUT2D eigenvalue weighted by molar-refractivity contribution is -0.0494. The third-order valence-electron chi connectivity index (χ3n) is 3.86. The highest BCUT2D eigenvalue weighted by Gasteiger charge is 2.50. The van der Waals surface area contributed by atoms with Crippen molar-refractivity contribution in [2.24, 2.45) is 4.99 Å². The number of alkyl halides is 3. The van der Waals surface area contributed by atoms with Crippen molar-refractivity contribution in [1.82, 2.24) is 19.7 Å². The van der Waals surface area contributed by atoms with Crippen LogP contribution in [0.4, 0.5) is 13.2 Å². The minimum absolute atomic E-state index is 0.0333. The van der Waals surface area contributed by atoms with E-state index in [2.05, 4.69) is 20.3 Å². The largest absolute Gasteiger partial charge is 0.511 e. The fraction of sp³-hybridized carbons (Fsp3) is 0.923. The predicted molar refractivity (Wildman–Crippen MR) is 96.1 cm³/mol. The van der Waals surface area contributed by atoms with E-state index in [-0.39, 0.29) is 50.8 Å². The standard InChI is InChI=1S/C13H26F3N5O4S2/c1-3-17-12(18-7-8-19-26(22,23)4-2)20-11-5-9-21(10-6-11)27(24,25)13(14,15)16/h11,19H,3-10H2,1-2H3,(H2,17,18,20). The molecule has 14 heteroatoms. The molecule has 0 amide bonds. The van der Waals surface area contributed by atoms with Gasteiger partial charge in [0.25, 0.3) is 0 Å². The molecule has 1 heterocycles. The maximum absolute atomic E-state index is 12.6. The highest BCUT2D eigenvalue weighted by Crippen LogP contribution is 2.28. The molecule has 3 N–H and O–H groups in total. The number of nitrogens with zero attached hydrogens (tertiary/aromatic N) is 2. The molecule has 1 rings (SSSR count). The number of nitrogens with one attached hydrogen (secondary N) is 3. The first-order chi connectivity index (χ1) is 12.4. The smallest absolute Gasteiger partial charge is 0.357 e. The second-order valence-electron chi connectivity index (χ2n) is 5.83. The average Bonchev–Trinajstić information content (AvgIpc) is 2.58. The molecule has 0 atom stereocenters. The third kappa shape index (κ3) is 7.43. The van der Waals surface area contributed by atoms with E-state index in [9.17, 15) is 30.0 Å². The van der Waals surface area contributed by atoms with Crippen molar-refractivity contribution in [1.29, 1.82) is 0 Å². The molecule has 27 heavy (non-hydrogen) atoms. The fourth-order valence-electron chi connectivity index (χ4n) is 2.37. The van der Waals surface area contributed by atoms with Crippen LogP contribution in [0.15, 0.2) is 4.99 Å². The summed E-state index contributed by atoms with van der Waals surface area (Å²) in [4.78, 5) is 4.21. The van der Waals surface area contributed by atoms with Crippen LogP contribution in [-0.4, -0.2) is 77.1 Å². The van der Waals surface area contributed by atoms with Gasteiger partial charge in [-0.15, -0.1) is 0 Å². The van der Waals surface area contributed by atoms with Crippen molar-refractivity contribution >= 4 is 26.0 Å². The van der Waals surface area contributed by atoms with E-state index >= 15 is 0 Å². The molecule has 0 unspecified atom stereocenters. The van der Waals surface area contributed by atoms with Crippen molar-refractivity contribution in [3.8, 4) is 0 Å². The zero-order chi connectivity index (χ0) is 20.7. The normalized spacial score (nSPS) is 18.5. The zero-order valence-electron chi connectivity index (χ0n) is 15.2. The van der Waals surface area contributed by atoms with Gasteiger partial charge in [-0.2, -0.15) is 17.5 Å². The maximum Gasteiger partial charge on any atom is 0.511 e. The summed E-state index contributed by atoms with van der Waals surface area (Å²) in [5, 5.41) is 6.00. The first-order valence-corrected chi connectivity index (χ1v) is 11.6. The minimum atomic E-state index is -5.30. The molecule has 1 aliphatic heterocycles. The monoisotopic (exact) mass is 437 g/mol. The van der Waals surface area contributed by atoms with Gasteiger partial charge in [0.15, 0.2) is 5.96 Å². The Bertz CT molecular complexity index is 702. The minimum Gasteiger partial charge on any atom is -0.357 e. The number of rotatable bonds is 8. The van der Waals surface area contributed by atoms with Gasteiger partial charge in [-0.05, 0) is 26.7 Å². The highest BCUT2D eigenvalue weighted by molar-refractivity contribution is 7.90. The quantitative estimate of drug-likeness (QED) is 0.275. The van der Waals surface area contributed by atoms with Gasteiger partial charge >= 0.3 is 15.5 Å². The number of sulfonamides is 2. The summed E-state index contributed by atoms with van der Waals surface area (Å²) in [6.45, 7) is 3.70. The molecule has 1 fully saturated rings. The van der Waals surface area contributed by atoms with E-state index in [1.54, 1.807) is 0 Å². The summed E-state index contributed by atoms with van der Waals surface area (Å²) in [6.07, 6.45) is 0.393. The number of aliphatic imine (C=N–C) groups is 1. The van der Waals surface area contributed by atoms with Crippen LogP contribution in [0.3, 0.4) is 0 Å². The van der Waals surface area contributed by atoms with Crippen molar-refractivity contribution < 1.29 is 30.0 Å². The van der Waals surface area contributed by atoms with Gasteiger partial charge < -0.3 is 10.6 Å². The van der Waals surface area contributed by atoms with E-state index in [4.69, 9.17) is 0 Å². The predicted octanol–water partition coefficient (Wildman–Crippen LogP) is -0.205. The Hall–Kier alpha value is -1.12. The first kappa shape index (κ1) is 23.9. The Balaban J connectivity index is 2.56. The number of piperidine rings is 1. The van der Waals surface area contributed by atoms with Crippen LogP contribution in [0.1, 0.15) is 26.7 Å². The number of halogens is 3. The first-order valence-electron chi connectivity index (χ1n) is 8.51. The van der Waals surface area contributed by atoms with Gasteiger partial charge in [0, 0.05) is 32.2 Å². The van der Waals surface area contributed by atoms with Crippen LogP contribution in [-0.2, 0) is 20.0 Å². The summed E-state index contributed by atoms with van der Waals surface area (Å²) in [5.74, 6) is 0.361. The van der Waals surface area contributed by atoms with Crippen LogP contribution in [0.5, 0.6) is 0 Å². The SMILES string of the molecule is CCNC(=NCCNS(=O)(=O)CC)NC1CCN(S(=O)(=O)C(F)(F)F)CC1. The summed E-state index contributed by atoms with van der Waals surface area (Å²) in [5.41, 5.74) is -5.30. The molecule has 0 radical (unpaired) electrons. The molecule has 160 valence electrons. The Labute approximate surface area is 157 Å².